The molecule has 8 heteroatoms. The van der Waals surface area contributed by atoms with Crippen molar-refractivity contribution >= 4 is 17.6 Å². The lowest BCUT2D eigenvalue weighted by Crippen LogP contribution is -2.13. The highest BCUT2D eigenvalue weighted by molar-refractivity contribution is 7.99. The van der Waals surface area contributed by atoms with E-state index in [9.17, 15) is 13.2 Å². The van der Waals surface area contributed by atoms with Crippen molar-refractivity contribution in [3.05, 3.63) is 11.9 Å². The molecule has 4 nitrogen and oxygen atoms in total. The number of alkyl halides is 3. The Labute approximate surface area is 100 Å². The average Bonchev–Trinajstić information content (AvgIpc) is 2.24. The molecule has 1 atom stereocenters. The molecule has 0 aliphatic carbocycles. The second kappa shape index (κ2) is 5.54. The number of aromatic nitrogens is 2. The van der Waals surface area contributed by atoms with E-state index in [4.69, 9.17) is 10.8 Å². The van der Waals surface area contributed by atoms with Crippen LogP contribution in [0.1, 0.15) is 12.7 Å². The van der Waals surface area contributed by atoms with Crippen LogP contribution in [0.2, 0.25) is 0 Å². The van der Waals surface area contributed by atoms with Gasteiger partial charge < -0.3 is 10.8 Å². The molecule has 0 bridgehead atoms. The van der Waals surface area contributed by atoms with Crippen LogP contribution in [0.15, 0.2) is 11.1 Å². The van der Waals surface area contributed by atoms with E-state index >= 15 is 0 Å². The zero-order valence-corrected chi connectivity index (χ0v) is 9.85. The van der Waals surface area contributed by atoms with Crippen LogP contribution in [-0.2, 0) is 6.18 Å². The highest BCUT2D eigenvalue weighted by atomic mass is 32.2. The van der Waals surface area contributed by atoms with E-state index in [1.54, 1.807) is 6.92 Å². The summed E-state index contributed by atoms with van der Waals surface area (Å²) in [4.78, 5) is 6.51. The molecule has 0 radical (unpaired) electrons. The van der Waals surface area contributed by atoms with Crippen LogP contribution < -0.4 is 5.73 Å². The summed E-state index contributed by atoms with van der Waals surface area (Å²) in [7, 11) is 0. The summed E-state index contributed by atoms with van der Waals surface area (Å²) in [5.41, 5.74) is 5.28. The van der Waals surface area contributed by atoms with Gasteiger partial charge in [0.15, 0.2) is 0 Å². The topological polar surface area (TPSA) is 72.0 Å². The summed E-state index contributed by atoms with van der Waals surface area (Å²) in [6.45, 7) is 1.75. The van der Waals surface area contributed by atoms with Crippen LogP contribution in [0, 0.1) is 5.92 Å². The van der Waals surface area contributed by atoms with Gasteiger partial charge in [-0.15, -0.1) is 11.8 Å². The molecule has 17 heavy (non-hydrogen) atoms. The number of hydrogen-bond donors (Lipinski definition) is 2. The smallest absolute Gasteiger partial charge is 0.396 e. The minimum Gasteiger partial charge on any atom is -0.396 e. The molecule has 0 saturated carbocycles. The molecule has 1 aromatic heterocycles. The van der Waals surface area contributed by atoms with Crippen LogP contribution in [0.4, 0.5) is 19.0 Å². The molecule has 0 fully saturated rings. The fourth-order valence-corrected chi connectivity index (χ4v) is 1.84. The predicted octanol–water partition coefficient (Wildman–Crippen LogP) is 1.80. The number of nitrogens with zero attached hydrogens (tertiary/aromatic N) is 2. The summed E-state index contributed by atoms with van der Waals surface area (Å²) in [5, 5.41) is 8.96. The Morgan fingerprint density at radius 2 is 2.12 bits per heavy atom. The van der Waals surface area contributed by atoms with E-state index in [0.717, 1.165) is 11.8 Å². The van der Waals surface area contributed by atoms with Crippen LogP contribution in [0.3, 0.4) is 0 Å². The molecule has 0 aliphatic heterocycles. The molecule has 1 heterocycles. The van der Waals surface area contributed by atoms with E-state index in [2.05, 4.69) is 9.97 Å². The Morgan fingerprint density at radius 1 is 1.47 bits per heavy atom. The Morgan fingerprint density at radius 3 is 2.65 bits per heavy atom. The van der Waals surface area contributed by atoms with Gasteiger partial charge in [-0.1, -0.05) is 6.92 Å². The van der Waals surface area contributed by atoms with Crippen molar-refractivity contribution in [3.63, 3.8) is 0 Å². The van der Waals surface area contributed by atoms with Crippen LogP contribution in [-0.4, -0.2) is 27.4 Å². The number of anilines is 1. The Balaban J connectivity index is 2.83. The van der Waals surface area contributed by atoms with Crippen molar-refractivity contribution in [1.29, 1.82) is 0 Å². The van der Waals surface area contributed by atoms with Crippen molar-refractivity contribution in [2.75, 3.05) is 18.1 Å². The second-order valence-electron chi connectivity index (χ2n) is 3.55. The fourth-order valence-electron chi connectivity index (χ4n) is 0.924. The highest BCUT2D eigenvalue weighted by Gasteiger charge is 2.35. The Bertz CT molecular complexity index is 386. The van der Waals surface area contributed by atoms with E-state index in [1.807, 2.05) is 0 Å². The van der Waals surface area contributed by atoms with Crippen molar-refractivity contribution in [2.45, 2.75) is 18.1 Å². The van der Waals surface area contributed by atoms with Crippen molar-refractivity contribution < 1.29 is 18.3 Å². The van der Waals surface area contributed by atoms with Crippen molar-refractivity contribution in [2.24, 2.45) is 5.92 Å². The molecule has 0 saturated heterocycles. The summed E-state index contributed by atoms with van der Waals surface area (Å²) < 4.78 is 37.1. The number of hydrogen-bond acceptors (Lipinski definition) is 5. The van der Waals surface area contributed by atoms with Gasteiger partial charge in [-0.3, -0.25) is 0 Å². The third kappa shape index (κ3) is 4.39. The normalized spacial score (nSPS) is 13.7. The fraction of sp³-hybridized carbons (Fsp3) is 0.556. The maximum Gasteiger partial charge on any atom is 0.451 e. The van der Waals surface area contributed by atoms with Crippen LogP contribution >= 0.6 is 11.8 Å². The summed E-state index contributed by atoms with van der Waals surface area (Å²) >= 11 is 1.11. The first kappa shape index (κ1) is 14.0. The molecule has 0 aliphatic rings. The SMILES string of the molecule is CC(CO)CSc1cc(N)nc(C(F)(F)F)n1. The largest absolute Gasteiger partial charge is 0.451 e. The standard InChI is InChI=1S/C9H12F3N3OS/c1-5(3-16)4-17-7-2-6(13)14-8(15-7)9(10,11)12/h2,5,16H,3-4H2,1H3,(H2,13,14,15). The van der Waals surface area contributed by atoms with Crippen LogP contribution in [0.5, 0.6) is 0 Å². The minimum absolute atomic E-state index is 0.0227. The second-order valence-corrected chi connectivity index (χ2v) is 4.59. The summed E-state index contributed by atoms with van der Waals surface area (Å²) in [6.07, 6.45) is -4.60. The number of rotatable bonds is 4. The third-order valence-electron chi connectivity index (χ3n) is 1.80. The number of nitrogens with two attached hydrogens (primary N) is 1. The number of aliphatic hydroxyl groups excluding tert-OH is 1. The number of nitrogen functional groups attached to an aromatic ring is 1. The molecule has 0 aromatic carbocycles. The van der Waals surface area contributed by atoms with E-state index in [-0.39, 0.29) is 23.4 Å². The molecule has 1 unspecified atom stereocenters. The van der Waals surface area contributed by atoms with Gasteiger partial charge in [0.1, 0.15) is 10.8 Å². The molecule has 1 aromatic rings. The van der Waals surface area contributed by atoms with E-state index in [1.165, 1.54) is 6.07 Å². The molecule has 96 valence electrons. The number of halogens is 3. The van der Waals surface area contributed by atoms with E-state index in [0.29, 0.717) is 5.75 Å². The van der Waals surface area contributed by atoms with Gasteiger partial charge in [0.25, 0.3) is 0 Å². The van der Waals surface area contributed by atoms with E-state index < -0.39 is 12.0 Å². The van der Waals surface area contributed by atoms with Gasteiger partial charge in [0.2, 0.25) is 5.82 Å². The Kier molecular flexibility index (Phi) is 4.58. The lowest BCUT2D eigenvalue weighted by atomic mass is 10.2. The van der Waals surface area contributed by atoms with Gasteiger partial charge >= 0.3 is 6.18 Å². The minimum atomic E-state index is -4.60. The first-order chi connectivity index (χ1) is 7.82. The lowest BCUT2D eigenvalue weighted by molar-refractivity contribution is -0.145. The average molecular weight is 267 g/mol. The molecular weight excluding hydrogens is 255 g/mol. The van der Waals surface area contributed by atoms with Crippen molar-refractivity contribution in [1.82, 2.24) is 9.97 Å². The molecule has 1 rings (SSSR count). The summed E-state index contributed by atoms with van der Waals surface area (Å²) in [6, 6.07) is 1.28. The maximum atomic E-state index is 12.4. The first-order valence-electron chi connectivity index (χ1n) is 4.78. The zero-order valence-electron chi connectivity index (χ0n) is 9.03. The monoisotopic (exact) mass is 267 g/mol. The molecular formula is C9H12F3N3OS. The zero-order chi connectivity index (χ0) is 13.1. The van der Waals surface area contributed by atoms with Crippen LogP contribution in [0.25, 0.3) is 0 Å². The van der Waals surface area contributed by atoms with Crippen molar-refractivity contribution in [3.8, 4) is 0 Å². The van der Waals surface area contributed by atoms with Gasteiger partial charge in [0, 0.05) is 18.4 Å². The molecule has 0 amide bonds. The molecule has 3 N–H and O–H groups in total. The third-order valence-corrected chi connectivity index (χ3v) is 3.04. The highest BCUT2D eigenvalue weighted by Crippen LogP contribution is 2.29. The van der Waals surface area contributed by atoms with Gasteiger partial charge in [-0.25, -0.2) is 9.97 Å². The first-order valence-corrected chi connectivity index (χ1v) is 5.77. The maximum absolute atomic E-state index is 12.4. The molecule has 0 spiro atoms. The lowest BCUT2D eigenvalue weighted by Gasteiger charge is -2.09. The summed E-state index contributed by atoms with van der Waals surface area (Å²) in [5.74, 6) is -1.02. The Hall–Kier alpha value is -1.02. The van der Waals surface area contributed by atoms with Gasteiger partial charge in [-0.05, 0) is 5.92 Å². The van der Waals surface area contributed by atoms with Gasteiger partial charge in [-0.2, -0.15) is 13.2 Å². The predicted molar refractivity (Wildman–Crippen MR) is 58.4 cm³/mol. The quantitative estimate of drug-likeness (QED) is 0.643. The number of thioether (sulfide) groups is 1. The van der Waals surface area contributed by atoms with Gasteiger partial charge in [0.05, 0.1) is 0 Å². The number of aliphatic hydroxyl groups is 1.